The maximum Gasteiger partial charge on any atom is 0.434 e. The molecular formula is C17H19F3N4O. The molecule has 134 valence electrons. The van der Waals surface area contributed by atoms with Crippen molar-refractivity contribution in [3.63, 3.8) is 0 Å². The molecule has 0 saturated carbocycles. The van der Waals surface area contributed by atoms with Gasteiger partial charge in [0.05, 0.1) is 17.4 Å². The van der Waals surface area contributed by atoms with Gasteiger partial charge < -0.3 is 10.6 Å². The summed E-state index contributed by atoms with van der Waals surface area (Å²) in [5.41, 5.74) is 5.07. The van der Waals surface area contributed by atoms with E-state index in [0.29, 0.717) is 37.3 Å². The van der Waals surface area contributed by atoms with E-state index in [9.17, 15) is 18.0 Å². The van der Waals surface area contributed by atoms with E-state index < -0.39 is 23.3 Å². The Balaban J connectivity index is 2.04. The molecule has 1 aromatic carbocycles. The Labute approximate surface area is 143 Å². The summed E-state index contributed by atoms with van der Waals surface area (Å²) in [5.74, 6) is -0.521. The van der Waals surface area contributed by atoms with Gasteiger partial charge in [0.2, 0.25) is 0 Å². The predicted octanol–water partition coefficient (Wildman–Crippen LogP) is 2.62. The fourth-order valence-electron chi connectivity index (χ4n) is 3.14. The lowest BCUT2D eigenvalue weighted by Gasteiger charge is -2.18. The highest BCUT2D eigenvalue weighted by Crippen LogP contribution is 2.35. The average Bonchev–Trinajstić information content (AvgIpc) is 3.21. The van der Waals surface area contributed by atoms with Crippen molar-refractivity contribution in [1.82, 2.24) is 14.7 Å². The van der Waals surface area contributed by atoms with Crippen LogP contribution in [0.2, 0.25) is 0 Å². The van der Waals surface area contributed by atoms with Gasteiger partial charge in [-0.1, -0.05) is 18.2 Å². The molecule has 2 heterocycles. The SMILES string of the molecule is Cc1ccccc1-n1ncc(C(=O)N2CCC(CN)C2)c1C(F)(F)F. The minimum Gasteiger partial charge on any atom is -0.338 e. The molecule has 2 aromatic rings. The number of amides is 1. The standard InChI is InChI=1S/C17H19F3N4O/c1-11-4-2-3-5-14(11)24-15(17(18,19)20)13(9-22-24)16(25)23-7-6-12(8-21)10-23/h2-5,9,12H,6-8,10,21H2,1H3. The Bertz CT molecular complexity index is 784. The van der Waals surface area contributed by atoms with Gasteiger partial charge in [0.1, 0.15) is 0 Å². The zero-order valence-corrected chi connectivity index (χ0v) is 13.8. The maximum absolute atomic E-state index is 13.7. The van der Waals surface area contributed by atoms with Gasteiger partial charge in [-0.15, -0.1) is 0 Å². The van der Waals surface area contributed by atoms with E-state index in [0.717, 1.165) is 10.9 Å². The largest absolute Gasteiger partial charge is 0.434 e. The van der Waals surface area contributed by atoms with Crippen LogP contribution in [0.15, 0.2) is 30.5 Å². The monoisotopic (exact) mass is 352 g/mol. The van der Waals surface area contributed by atoms with Gasteiger partial charge in [-0.25, -0.2) is 4.68 Å². The van der Waals surface area contributed by atoms with Crippen molar-refractivity contribution in [2.45, 2.75) is 19.5 Å². The third-order valence-corrected chi connectivity index (χ3v) is 4.52. The minimum atomic E-state index is -4.70. The van der Waals surface area contributed by atoms with Crippen molar-refractivity contribution in [2.75, 3.05) is 19.6 Å². The maximum atomic E-state index is 13.7. The summed E-state index contributed by atoms with van der Waals surface area (Å²) < 4.78 is 41.9. The van der Waals surface area contributed by atoms with Crippen LogP contribution in [0.5, 0.6) is 0 Å². The van der Waals surface area contributed by atoms with Crippen molar-refractivity contribution < 1.29 is 18.0 Å². The van der Waals surface area contributed by atoms with Crippen LogP contribution in [0.4, 0.5) is 13.2 Å². The summed E-state index contributed by atoms with van der Waals surface area (Å²) in [7, 11) is 0. The van der Waals surface area contributed by atoms with Gasteiger partial charge in [0.15, 0.2) is 5.69 Å². The summed E-state index contributed by atoms with van der Waals surface area (Å²) in [5, 5.41) is 3.87. The fourth-order valence-corrected chi connectivity index (χ4v) is 3.14. The van der Waals surface area contributed by atoms with E-state index in [1.165, 1.54) is 4.90 Å². The first-order valence-corrected chi connectivity index (χ1v) is 8.03. The number of carbonyl (C=O) groups excluding carboxylic acids is 1. The number of likely N-dealkylation sites (tertiary alicyclic amines) is 1. The van der Waals surface area contributed by atoms with E-state index in [1.54, 1.807) is 31.2 Å². The highest BCUT2D eigenvalue weighted by molar-refractivity contribution is 5.95. The fraction of sp³-hybridized carbons (Fsp3) is 0.412. The summed E-state index contributed by atoms with van der Waals surface area (Å²) in [6.45, 7) is 2.90. The van der Waals surface area contributed by atoms with Crippen molar-refractivity contribution in [3.8, 4) is 5.69 Å². The zero-order chi connectivity index (χ0) is 18.2. The Morgan fingerprint density at radius 1 is 1.36 bits per heavy atom. The summed E-state index contributed by atoms with van der Waals surface area (Å²) >= 11 is 0. The molecule has 1 saturated heterocycles. The summed E-state index contributed by atoms with van der Waals surface area (Å²) in [4.78, 5) is 14.1. The Kier molecular flexibility index (Phi) is 4.55. The number of alkyl halides is 3. The first-order valence-electron chi connectivity index (χ1n) is 8.03. The Morgan fingerprint density at radius 3 is 2.68 bits per heavy atom. The molecule has 5 nitrogen and oxygen atoms in total. The number of halogens is 3. The molecule has 0 spiro atoms. The predicted molar refractivity (Wildman–Crippen MR) is 86.4 cm³/mol. The van der Waals surface area contributed by atoms with Gasteiger partial charge in [-0.2, -0.15) is 18.3 Å². The molecule has 1 aliphatic rings. The third-order valence-electron chi connectivity index (χ3n) is 4.52. The number of aromatic nitrogens is 2. The van der Waals surface area contributed by atoms with Crippen LogP contribution in [0.25, 0.3) is 5.69 Å². The van der Waals surface area contributed by atoms with Crippen LogP contribution in [0.3, 0.4) is 0 Å². The molecule has 0 radical (unpaired) electrons. The smallest absolute Gasteiger partial charge is 0.338 e. The van der Waals surface area contributed by atoms with Crippen molar-refractivity contribution in [2.24, 2.45) is 11.7 Å². The number of aryl methyl sites for hydroxylation is 1. The summed E-state index contributed by atoms with van der Waals surface area (Å²) in [6, 6.07) is 6.62. The summed E-state index contributed by atoms with van der Waals surface area (Å²) in [6.07, 6.45) is -2.99. The molecule has 1 amide bonds. The molecular weight excluding hydrogens is 333 g/mol. The minimum absolute atomic E-state index is 0.129. The molecule has 25 heavy (non-hydrogen) atoms. The average molecular weight is 352 g/mol. The van der Waals surface area contributed by atoms with Gasteiger partial charge in [0, 0.05) is 13.1 Å². The van der Waals surface area contributed by atoms with E-state index in [4.69, 9.17) is 5.73 Å². The quantitative estimate of drug-likeness (QED) is 0.924. The lowest BCUT2D eigenvalue weighted by Crippen LogP contribution is -2.31. The number of hydrogen-bond acceptors (Lipinski definition) is 3. The van der Waals surface area contributed by atoms with E-state index >= 15 is 0 Å². The zero-order valence-electron chi connectivity index (χ0n) is 13.8. The van der Waals surface area contributed by atoms with Crippen molar-refractivity contribution in [3.05, 3.63) is 47.3 Å². The van der Waals surface area contributed by atoms with Crippen molar-refractivity contribution in [1.29, 1.82) is 0 Å². The second-order valence-corrected chi connectivity index (χ2v) is 6.24. The normalized spacial score (nSPS) is 18.0. The molecule has 1 unspecified atom stereocenters. The van der Waals surface area contributed by atoms with Crippen LogP contribution >= 0.6 is 0 Å². The Morgan fingerprint density at radius 2 is 2.08 bits per heavy atom. The number of nitrogens with zero attached hydrogens (tertiary/aromatic N) is 3. The van der Waals surface area contributed by atoms with Crippen LogP contribution in [-0.2, 0) is 6.18 Å². The van der Waals surface area contributed by atoms with E-state index in [2.05, 4.69) is 5.10 Å². The highest BCUT2D eigenvalue weighted by Gasteiger charge is 2.42. The first-order chi connectivity index (χ1) is 11.8. The molecule has 1 fully saturated rings. The lowest BCUT2D eigenvalue weighted by atomic mass is 10.1. The lowest BCUT2D eigenvalue weighted by molar-refractivity contribution is -0.143. The molecule has 8 heteroatoms. The number of benzene rings is 1. The van der Waals surface area contributed by atoms with Crippen LogP contribution in [-0.4, -0.2) is 40.2 Å². The number of nitrogens with two attached hydrogens (primary N) is 1. The number of carbonyl (C=O) groups is 1. The molecule has 0 aliphatic carbocycles. The molecule has 3 rings (SSSR count). The van der Waals surface area contributed by atoms with Gasteiger partial charge in [0.25, 0.3) is 5.91 Å². The molecule has 1 aliphatic heterocycles. The third kappa shape index (κ3) is 3.26. The van der Waals surface area contributed by atoms with Crippen LogP contribution < -0.4 is 5.73 Å². The number of rotatable bonds is 3. The van der Waals surface area contributed by atoms with Gasteiger partial charge in [-0.3, -0.25) is 4.79 Å². The Hall–Kier alpha value is -2.35. The number of para-hydroxylation sites is 1. The first kappa shape index (κ1) is 17.5. The molecule has 2 N–H and O–H groups in total. The van der Waals surface area contributed by atoms with Crippen LogP contribution in [0, 0.1) is 12.8 Å². The van der Waals surface area contributed by atoms with Gasteiger partial charge >= 0.3 is 6.18 Å². The molecule has 0 bridgehead atoms. The topological polar surface area (TPSA) is 64.2 Å². The van der Waals surface area contributed by atoms with Crippen LogP contribution in [0.1, 0.15) is 28.0 Å². The van der Waals surface area contributed by atoms with Crippen molar-refractivity contribution >= 4 is 5.91 Å². The molecule has 1 aromatic heterocycles. The van der Waals surface area contributed by atoms with E-state index in [1.807, 2.05) is 0 Å². The van der Waals surface area contributed by atoms with E-state index in [-0.39, 0.29) is 5.92 Å². The second-order valence-electron chi connectivity index (χ2n) is 6.24. The molecule has 1 atom stereocenters. The van der Waals surface area contributed by atoms with Gasteiger partial charge in [-0.05, 0) is 37.4 Å². The number of hydrogen-bond donors (Lipinski definition) is 1. The second kappa shape index (κ2) is 6.51. The highest BCUT2D eigenvalue weighted by atomic mass is 19.4.